The number of hydrogen-bond donors (Lipinski definition) is 0. The lowest BCUT2D eigenvalue weighted by atomic mass is 9.96. The van der Waals surface area contributed by atoms with Crippen LogP contribution < -0.4 is 4.18 Å². The van der Waals surface area contributed by atoms with Crippen molar-refractivity contribution in [3.05, 3.63) is 40.4 Å². The second kappa shape index (κ2) is 4.12. The summed E-state index contributed by atoms with van der Waals surface area (Å²) in [5.74, 6) is -0.457. The summed E-state index contributed by atoms with van der Waals surface area (Å²) in [6, 6.07) is 2.54. The van der Waals surface area contributed by atoms with Crippen molar-refractivity contribution in [3.63, 3.8) is 0 Å². The van der Waals surface area contributed by atoms with Crippen LogP contribution in [0.4, 0.5) is 13.2 Å². The first kappa shape index (κ1) is 13.7. The SMILES string of the molecule is O=S(=O)(Oc1cc(Cl)cc2c1C1C=CC2O1)C(F)(F)F. The molecule has 3 rings (SSSR count). The maximum absolute atomic E-state index is 12.4. The molecular weight excluding hydrogens is 321 g/mol. The zero-order valence-corrected chi connectivity index (χ0v) is 11.1. The molecule has 2 unspecified atom stereocenters. The Morgan fingerprint density at radius 3 is 2.50 bits per heavy atom. The Kier molecular flexibility index (Phi) is 2.83. The van der Waals surface area contributed by atoms with Crippen LogP contribution in [0.25, 0.3) is 0 Å². The van der Waals surface area contributed by atoms with Crippen molar-refractivity contribution >= 4 is 21.7 Å². The van der Waals surface area contributed by atoms with Gasteiger partial charge in [0.15, 0.2) is 5.75 Å². The van der Waals surface area contributed by atoms with Gasteiger partial charge in [-0.3, -0.25) is 0 Å². The summed E-state index contributed by atoms with van der Waals surface area (Å²) in [6.07, 6.45) is 2.27. The minimum absolute atomic E-state index is 0.0701. The van der Waals surface area contributed by atoms with Gasteiger partial charge in [0.05, 0.1) is 0 Å². The molecular formula is C11H6ClF3O4S. The molecule has 0 spiro atoms. The van der Waals surface area contributed by atoms with E-state index in [0.29, 0.717) is 5.56 Å². The lowest BCUT2D eigenvalue weighted by molar-refractivity contribution is -0.0500. The predicted molar refractivity (Wildman–Crippen MR) is 62.8 cm³/mol. The normalized spacial score (nSPS) is 24.0. The number of halogens is 4. The first-order valence-corrected chi connectivity index (χ1v) is 7.15. The topological polar surface area (TPSA) is 52.6 Å². The summed E-state index contributed by atoms with van der Waals surface area (Å²) in [6.45, 7) is 0. The highest BCUT2D eigenvalue weighted by Crippen LogP contribution is 2.51. The van der Waals surface area contributed by atoms with Gasteiger partial charge in [-0.2, -0.15) is 21.6 Å². The summed E-state index contributed by atoms with van der Waals surface area (Å²) in [5, 5.41) is 0.0701. The Hall–Kier alpha value is -1.25. The molecule has 2 heterocycles. The zero-order valence-electron chi connectivity index (χ0n) is 9.52. The van der Waals surface area contributed by atoms with Crippen molar-refractivity contribution < 1.29 is 30.5 Å². The fourth-order valence-electron chi connectivity index (χ4n) is 2.18. The second-order valence-electron chi connectivity index (χ2n) is 4.25. The standard InChI is InChI=1S/C11H6ClF3O4S/c12-5-3-6-7-1-2-8(18-7)10(6)9(4-5)19-20(16,17)11(13,14)15/h1-4,7-8H. The molecule has 4 nitrogen and oxygen atoms in total. The van der Waals surface area contributed by atoms with Gasteiger partial charge in [-0.25, -0.2) is 0 Å². The maximum Gasteiger partial charge on any atom is 0.534 e. The first-order chi connectivity index (χ1) is 9.19. The zero-order chi connectivity index (χ0) is 14.7. The molecule has 2 bridgehead atoms. The summed E-state index contributed by atoms with van der Waals surface area (Å²) in [5.41, 5.74) is -4.73. The number of hydrogen-bond acceptors (Lipinski definition) is 4. The Morgan fingerprint density at radius 1 is 1.20 bits per heavy atom. The van der Waals surface area contributed by atoms with Gasteiger partial charge in [-0.15, -0.1) is 0 Å². The average Bonchev–Trinajstić information content (AvgIpc) is 2.86. The molecule has 1 aromatic carbocycles. The van der Waals surface area contributed by atoms with Crippen molar-refractivity contribution in [2.75, 3.05) is 0 Å². The van der Waals surface area contributed by atoms with Crippen LogP contribution in [0.2, 0.25) is 5.02 Å². The van der Waals surface area contributed by atoms with E-state index in [2.05, 4.69) is 4.18 Å². The van der Waals surface area contributed by atoms with Crippen molar-refractivity contribution in [1.82, 2.24) is 0 Å². The number of rotatable bonds is 2. The van der Waals surface area contributed by atoms with Crippen LogP contribution in [-0.2, 0) is 14.9 Å². The van der Waals surface area contributed by atoms with Gasteiger partial charge >= 0.3 is 15.6 Å². The lowest BCUT2D eigenvalue weighted by Crippen LogP contribution is -2.28. The van der Waals surface area contributed by atoms with Gasteiger partial charge < -0.3 is 8.92 Å². The fourth-order valence-corrected chi connectivity index (χ4v) is 2.86. The van der Waals surface area contributed by atoms with E-state index in [4.69, 9.17) is 16.3 Å². The number of ether oxygens (including phenoxy) is 1. The van der Waals surface area contributed by atoms with Crippen molar-refractivity contribution in [2.45, 2.75) is 17.7 Å². The molecule has 0 fully saturated rings. The Balaban J connectivity index is 2.08. The molecule has 0 amide bonds. The first-order valence-electron chi connectivity index (χ1n) is 5.37. The molecule has 9 heteroatoms. The largest absolute Gasteiger partial charge is 0.534 e. The van der Waals surface area contributed by atoms with Crippen molar-refractivity contribution in [1.29, 1.82) is 0 Å². The highest BCUT2D eigenvalue weighted by molar-refractivity contribution is 7.88. The third-order valence-corrected chi connectivity index (χ3v) is 4.15. The lowest BCUT2D eigenvalue weighted by Gasteiger charge is -2.15. The van der Waals surface area contributed by atoms with Gasteiger partial charge in [0.1, 0.15) is 12.2 Å². The summed E-state index contributed by atoms with van der Waals surface area (Å²) in [4.78, 5) is 0. The quantitative estimate of drug-likeness (QED) is 0.475. The molecule has 0 saturated heterocycles. The van der Waals surface area contributed by atoms with Gasteiger partial charge in [-0.1, -0.05) is 23.8 Å². The number of fused-ring (bicyclic) bond motifs is 5. The van der Waals surface area contributed by atoms with Crippen LogP contribution in [0.5, 0.6) is 5.75 Å². The van der Waals surface area contributed by atoms with Crippen LogP contribution in [0, 0.1) is 0 Å². The summed E-state index contributed by atoms with van der Waals surface area (Å²) in [7, 11) is -5.74. The van der Waals surface area contributed by atoms with Crippen molar-refractivity contribution in [3.8, 4) is 5.75 Å². The molecule has 1 aromatic rings. The molecule has 108 valence electrons. The third kappa shape index (κ3) is 1.99. The number of alkyl halides is 3. The molecule has 20 heavy (non-hydrogen) atoms. The summed E-state index contributed by atoms with van der Waals surface area (Å²) < 4.78 is 68.9. The number of benzene rings is 1. The third-order valence-electron chi connectivity index (χ3n) is 2.97. The van der Waals surface area contributed by atoms with E-state index in [1.54, 1.807) is 12.2 Å². The maximum atomic E-state index is 12.4. The highest BCUT2D eigenvalue weighted by atomic mass is 35.5. The van der Waals surface area contributed by atoms with Gasteiger partial charge in [0.2, 0.25) is 0 Å². The average molecular weight is 327 g/mol. The molecule has 0 aliphatic carbocycles. The molecule has 0 radical (unpaired) electrons. The molecule has 2 aliphatic rings. The van der Waals surface area contributed by atoms with E-state index in [0.717, 1.165) is 6.07 Å². The monoisotopic (exact) mass is 326 g/mol. The van der Waals surface area contributed by atoms with E-state index in [9.17, 15) is 21.6 Å². The molecule has 0 N–H and O–H groups in total. The smallest absolute Gasteiger partial charge is 0.376 e. The van der Waals surface area contributed by atoms with Crippen LogP contribution in [0.15, 0.2) is 24.3 Å². The van der Waals surface area contributed by atoms with E-state index in [1.165, 1.54) is 6.07 Å². The second-order valence-corrected chi connectivity index (χ2v) is 6.23. The summed E-state index contributed by atoms with van der Waals surface area (Å²) >= 11 is 5.77. The predicted octanol–water partition coefficient (Wildman–Crippen LogP) is 3.25. The molecule has 2 atom stereocenters. The van der Waals surface area contributed by atoms with Crippen LogP contribution >= 0.6 is 11.6 Å². The molecule has 2 aliphatic heterocycles. The van der Waals surface area contributed by atoms with Crippen LogP contribution in [0.1, 0.15) is 23.3 Å². The van der Waals surface area contributed by atoms with Crippen LogP contribution in [0.3, 0.4) is 0 Å². The minimum Gasteiger partial charge on any atom is -0.376 e. The van der Waals surface area contributed by atoms with E-state index < -0.39 is 33.6 Å². The van der Waals surface area contributed by atoms with E-state index in [-0.39, 0.29) is 10.6 Å². The van der Waals surface area contributed by atoms with E-state index in [1.807, 2.05) is 0 Å². The van der Waals surface area contributed by atoms with E-state index >= 15 is 0 Å². The minimum atomic E-state index is -5.74. The Bertz CT molecular complexity index is 711. The van der Waals surface area contributed by atoms with Crippen molar-refractivity contribution in [2.24, 2.45) is 0 Å². The highest BCUT2D eigenvalue weighted by Gasteiger charge is 2.49. The fraction of sp³-hybridized carbons (Fsp3) is 0.273. The van der Waals surface area contributed by atoms with Gasteiger partial charge in [0, 0.05) is 16.7 Å². The Morgan fingerprint density at radius 2 is 1.85 bits per heavy atom. The van der Waals surface area contributed by atoms with Gasteiger partial charge in [-0.05, 0) is 11.6 Å². The molecule has 0 saturated carbocycles. The molecule has 0 aromatic heterocycles. The van der Waals surface area contributed by atoms with Gasteiger partial charge in [0.25, 0.3) is 0 Å². The van der Waals surface area contributed by atoms with Crippen LogP contribution in [-0.4, -0.2) is 13.9 Å². The Labute approximate surface area is 116 Å².